The van der Waals surface area contributed by atoms with Gasteiger partial charge >= 0.3 is 0 Å². The van der Waals surface area contributed by atoms with Gasteiger partial charge in [0.2, 0.25) is 0 Å². The molecular formula is C23H28O3. The number of hydrogen-bond acceptors (Lipinski definition) is 3. The highest BCUT2D eigenvalue weighted by Crippen LogP contribution is 2.23. The largest absolute Gasteiger partial charge is 0.497 e. The Morgan fingerprint density at radius 1 is 1.12 bits per heavy atom. The van der Waals surface area contributed by atoms with Crippen molar-refractivity contribution in [3.8, 4) is 5.75 Å². The third-order valence-corrected chi connectivity index (χ3v) is 4.35. The average Bonchev–Trinajstić information content (AvgIpc) is 2.69. The molecule has 0 unspecified atom stereocenters. The summed E-state index contributed by atoms with van der Waals surface area (Å²) in [6, 6.07) is 17.7. The van der Waals surface area contributed by atoms with E-state index in [0.29, 0.717) is 13.0 Å². The van der Waals surface area contributed by atoms with Crippen molar-refractivity contribution in [2.45, 2.75) is 38.1 Å². The minimum absolute atomic E-state index is 0.268. The Labute approximate surface area is 156 Å². The summed E-state index contributed by atoms with van der Waals surface area (Å²) in [6.07, 6.45) is 2.97. The lowest BCUT2D eigenvalue weighted by Gasteiger charge is -2.24. The van der Waals surface area contributed by atoms with Crippen LogP contribution in [0.4, 0.5) is 0 Å². The summed E-state index contributed by atoms with van der Waals surface area (Å²) in [6.45, 7) is 8.33. The number of methoxy groups -OCH3 is 1. The Bertz CT molecular complexity index is 676. The number of ether oxygens (including phenoxy) is 2. The normalized spacial score (nSPS) is 13.0. The van der Waals surface area contributed by atoms with Crippen LogP contribution in [0.15, 0.2) is 73.8 Å². The molecule has 2 rings (SSSR count). The van der Waals surface area contributed by atoms with Gasteiger partial charge in [-0.05, 0) is 41.7 Å². The minimum Gasteiger partial charge on any atom is -0.497 e. The molecule has 2 aromatic rings. The molecule has 0 amide bonds. The third kappa shape index (κ3) is 6.17. The van der Waals surface area contributed by atoms with E-state index >= 15 is 0 Å². The van der Waals surface area contributed by atoms with Crippen LogP contribution in [0, 0.1) is 0 Å². The number of allylic oxidation sites excluding steroid dienone is 1. The quantitative estimate of drug-likeness (QED) is 0.578. The first-order chi connectivity index (χ1) is 12.6. The lowest BCUT2D eigenvalue weighted by molar-refractivity contribution is -0.0468. The maximum absolute atomic E-state index is 10.7. The Hall–Kier alpha value is -2.36. The number of aliphatic hydroxyl groups excluding tert-OH is 1. The molecule has 3 nitrogen and oxygen atoms in total. The second-order valence-corrected chi connectivity index (χ2v) is 6.30. The molecule has 1 N–H and O–H groups in total. The molecule has 0 aliphatic carbocycles. The van der Waals surface area contributed by atoms with E-state index in [9.17, 15) is 5.11 Å². The van der Waals surface area contributed by atoms with E-state index in [2.05, 4.69) is 13.2 Å². The molecule has 0 fully saturated rings. The first-order valence-corrected chi connectivity index (χ1v) is 8.90. The molecule has 0 aliphatic heterocycles. The van der Waals surface area contributed by atoms with Crippen LogP contribution in [-0.2, 0) is 11.3 Å². The number of hydrogen-bond donors (Lipinski definition) is 1. The van der Waals surface area contributed by atoms with Gasteiger partial charge in [-0.2, -0.15) is 0 Å². The van der Waals surface area contributed by atoms with Crippen LogP contribution in [0.1, 0.15) is 30.4 Å². The van der Waals surface area contributed by atoms with Gasteiger partial charge in [0.05, 0.1) is 25.9 Å². The summed E-state index contributed by atoms with van der Waals surface area (Å²) in [5.74, 6) is 0.816. The van der Waals surface area contributed by atoms with Crippen molar-refractivity contribution in [2.75, 3.05) is 7.11 Å². The van der Waals surface area contributed by atoms with Gasteiger partial charge in [0.25, 0.3) is 0 Å². The highest BCUT2D eigenvalue weighted by Gasteiger charge is 2.20. The second kappa shape index (κ2) is 10.6. The van der Waals surface area contributed by atoms with Gasteiger partial charge < -0.3 is 14.6 Å². The van der Waals surface area contributed by atoms with Crippen LogP contribution in [-0.4, -0.2) is 24.4 Å². The maximum Gasteiger partial charge on any atom is 0.118 e. The molecule has 2 atom stereocenters. The zero-order valence-corrected chi connectivity index (χ0v) is 15.4. The molecule has 3 heteroatoms. The first kappa shape index (κ1) is 20.0. The Morgan fingerprint density at radius 3 is 2.42 bits per heavy atom. The number of aliphatic hydroxyl groups is 1. The number of benzene rings is 2. The highest BCUT2D eigenvalue weighted by molar-refractivity contribution is 5.63. The van der Waals surface area contributed by atoms with Crippen LogP contribution in [0.2, 0.25) is 0 Å². The summed E-state index contributed by atoms with van der Waals surface area (Å²) in [7, 11) is 1.65. The molecule has 2 aromatic carbocycles. The fraction of sp³-hybridized carbons (Fsp3) is 0.304. The van der Waals surface area contributed by atoms with Gasteiger partial charge in [0.15, 0.2) is 0 Å². The fourth-order valence-corrected chi connectivity index (χ4v) is 2.77. The predicted octanol–water partition coefficient (Wildman–Crippen LogP) is 5.01. The standard InChI is InChI=1S/C23H28O3/c1-4-5-11-23(26-17-19-12-14-21(25-3)15-13-19)22(24)16-18(2)20-9-7-6-8-10-20/h4,6-10,12-15,22-24H,1-2,5,11,16-17H2,3H3/t22-,23-/m0/s1. The zero-order chi connectivity index (χ0) is 18.8. The molecular weight excluding hydrogens is 324 g/mol. The topological polar surface area (TPSA) is 38.7 Å². The maximum atomic E-state index is 10.7. The second-order valence-electron chi connectivity index (χ2n) is 6.30. The van der Waals surface area contributed by atoms with Crippen molar-refractivity contribution < 1.29 is 14.6 Å². The zero-order valence-electron chi connectivity index (χ0n) is 15.4. The van der Waals surface area contributed by atoms with Crippen molar-refractivity contribution in [1.29, 1.82) is 0 Å². The van der Waals surface area contributed by atoms with Crippen molar-refractivity contribution >= 4 is 5.57 Å². The Morgan fingerprint density at radius 2 is 1.81 bits per heavy atom. The van der Waals surface area contributed by atoms with Gasteiger partial charge in [-0.25, -0.2) is 0 Å². The van der Waals surface area contributed by atoms with E-state index in [0.717, 1.165) is 35.3 Å². The van der Waals surface area contributed by atoms with E-state index in [1.165, 1.54) is 0 Å². The van der Waals surface area contributed by atoms with E-state index in [1.807, 2.05) is 60.7 Å². The summed E-state index contributed by atoms with van der Waals surface area (Å²) in [4.78, 5) is 0. The molecule has 0 radical (unpaired) electrons. The average molecular weight is 352 g/mol. The molecule has 0 spiro atoms. The van der Waals surface area contributed by atoms with E-state index in [4.69, 9.17) is 9.47 Å². The first-order valence-electron chi connectivity index (χ1n) is 8.90. The van der Waals surface area contributed by atoms with Gasteiger partial charge in [-0.15, -0.1) is 6.58 Å². The van der Waals surface area contributed by atoms with Crippen molar-refractivity contribution in [3.05, 3.63) is 85.0 Å². The van der Waals surface area contributed by atoms with Crippen molar-refractivity contribution in [1.82, 2.24) is 0 Å². The lowest BCUT2D eigenvalue weighted by atomic mass is 9.97. The molecule has 138 valence electrons. The Balaban J connectivity index is 1.95. The van der Waals surface area contributed by atoms with E-state index < -0.39 is 6.10 Å². The van der Waals surface area contributed by atoms with Gasteiger partial charge in [-0.3, -0.25) is 0 Å². The Kier molecular flexibility index (Phi) is 8.13. The summed E-state index contributed by atoms with van der Waals surface area (Å²) in [5, 5.41) is 10.7. The lowest BCUT2D eigenvalue weighted by Crippen LogP contribution is -2.29. The monoisotopic (exact) mass is 352 g/mol. The van der Waals surface area contributed by atoms with Crippen LogP contribution >= 0.6 is 0 Å². The molecule has 0 heterocycles. The van der Waals surface area contributed by atoms with Gasteiger partial charge in [0.1, 0.15) is 5.75 Å². The van der Waals surface area contributed by atoms with Gasteiger partial charge in [0, 0.05) is 6.42 Å². The smallest absolute Gasteiger partial charge is 0.118 e. The minimum atomic E-state index is -0.610. The van der Waals surface area contributed by atoms with Crippen molar-refractivity contribution in [3.63, 3.8) is 0 Å². The third-order valence-electron chi connectivity index (χ3n) is 4.35. The molecule has 0 saturated heterocycles. The summed E-state index contributed by atoms with van der Waals surface area (Å²) >= 11 is 0. The molecule has 0 aliphatic rings. The van der Waals surface area contributed by atoms with Crippen LogP contribution < -0.4 is 4.74 Å². The van der Waals surface area contributed by atoms with Crippen LogP contribution in [0.3, 0.4) is 0 Å². The molecule has 26 heavy (non-hydrogen) atoms. The van der Waals surface area contributed by atoms with Crippen LogP contribution in [0.25, 0.3) is 5.57 Å². The fourth-order valence-electron chi connectivity index (χ4n) is 2.77. The summed E-state index contributed by atoms with van der Waals surface area (Å²) in [5.41, 5.74) is 3.00. The van der Waals surface area contributed by atoms with Crippen LogP contribution in [0.5, 0.6) is 5.75 Å². The summed E-state index contributed by atoms with van der Waals surface area (Å²) < 4.78 is 11.2. The van der Waals surface area contributed by atoms with Gasteiger partial charge in [-0.1, -0.05) is 55.1 Å². The van der Waals surface area contributed by atoms with Crippen molar-refractivity contribution in [2.24, 2.45) is 0 Å². The predicted molar refractivity (Wildman–Crippen MR) is 107 cm³/mol. The molecule has 0 bridgehead atoms. The SMILES string of the molecule is C=CCC[C@H](OCc1ccc(OC)cc1)[C@@H](O)CC(=C)c1ccccc1. The highest BCUT2D eigenvalue weighted by atomic mass is 16.5. The van der Waals surface area contributed by atoms with E-state index in [-0.39, 0.29) is 6.10 Å². The molecule has 0 aromatic heterocycles. The van der Waals surface area contributed by atoms with E-state index in [1.54, 1.807) is 7.11 Å². The molecule has 0 saturated carbocycles. The number of rotatable bonds is 11.